The number of hydrogen-bond acceptors (Lipinski definition) is 1. The summed E-state index contributed by atoms with van der Waals surface area (Å²) in [7, 11) is 0. The Labute approximate surface area is 125 Å². The van der Waals surface area contributed by atoms with Gasteiger partial charge in [0.1, 0.15) is 0 Å². The highest BCUT2D eigenvalue weighted by Crippen LogP contribution is 2.22. The third-order valence-electron chi connectivity index (χ3n) is 2.63. The van der Waals surface area contributed by atoms with Gasteiger partial charge in [0.05, 0.1) is 5.69 Å². The Bertz CT molecular complexity index is 418. The molecular weight excluding hydrogens is 333 g/mol. The van der Waals surface area contributed by atoms with Gasteiger partial charge in [-0.15, -0.1) is 0 Å². The molecule has 98 valence electrons. The zero-order valence-electron chi connectivity index (χ0n) is 11.7. The van der Waals surface area contributed by atoms with Crippen LogP contribution in [0.3, 0.4) is 0 Å². The zero-order valence-corrected chi connectivity index (χ0v) is 13.9. The third kappa shape index (κ3) is 5.25. The first-order valence-corrected chi connectivity index (χ1v) is 7.34. The standard InChI is InChI=1S/C16H22IN/c1-13(2)9-11-18(12-10-14(3)4)16-8-6-5-7-15(16)17/h5-10H,11-12H2,1-4H3. The van der Waals surface area contributed by atoms with E-state index < -0.39 is 0 Å². The molecule has 0 N–H and O–H groups in total. The predicted octanol–water partition coefficient (Wildman–Crippen LogP) is 5.03. The van der Waals surface area contributed by atoms with E-state index in [0.29, 0.717) is 0 Å². The SMILES string of the molecule is CC(C)=CCN(CC=C(C)C)c1ccccc1I. The highest BCUT2D eigenvalue weighted by molar-refractivity contribution is 14.1. The van der Waals surface area contributed by atoms with Crippen molar-refractivity contribution in [1.82, 2.24) is 0 Å². The Hall–Kier alpha value is -0.770. The fraction of sp³-hybridized carbons (Fsp3) is 0.375. The Balaban J connectivity index is 2.93. The summed E-state index contributed by atoms with van der Waals surface area (Å²) in [6.07, 6.45) is 4.56. The molecule has 1 aromatic carbocycles. The summed E-state index contributed by atoms with van der Waals surface area (Å²) in [4.78, 5) is 2.40. The first-order chi connectivity index (χ1) is 8.50. The van der Waals surface area contributed by atoms with Crippen molar-refractivity contribution in [3.05, 3.63) is 51.1 Å². The molecule has 0 aliphatic heterocycles. The average molecular weight is 355 g/mol. The average Bonchev–Trinajstić information content (AvgIpc) is 2.30. The van der Waals surface area contributed by atoms with Crippen molar-refractivity contribution in [2.45, 2.75) is 27.7 Å². The summed E-state index contributed by atoms with van der Waals surface area (Å²) in [5, 5.41) is 0. The van der Waals surface area contributed by atoms with Gasteiger partial charge in [-0.1, -0.05) is 35.4 Å². The summed E-state index contributed by atoms with van der Waals surface area (Å²) in [6.45, 7) is 10.5. The van der Waals surface area contributed by atoms with Crippen molar-refractivity contribution in [2.24, 2.45) is 0 Å². The Kier molecular flexibility index (Phi) is 6.47. The molecule has 0 heterocycles. The number of halogens is 1. The molecule has 0 amide bonds. The molecule has 0 aliphatic carbocycles. The van der Waals surface area contributed by atoms with Crippen LogP contribution >= 0.6 is 22.6 Å². The summed E-state index contributed by atoms with van der Waals surface area (Å²) >= 11 is 2.41. The Morgan fingerprint density at radius 1 is 1.00 bits per heavy atom. The third-order valence-corrected chi connectivity index (χ3v) is 3.55. The summed E-state index contributed by atoms with van der Waals surface area (Å²) in [5.41, 5.74) is 4.04. The van der Waals surface area contributed by atoms with Gasteiger partial charge in [-0.25, -0.2) is 0 Å². The van der Waals surface area contributed by atoms with Gasteiger partial charge in [0, 0.05) is 16.7 Å². The van der Waals surface area contributed by atoms with Crippen LogP contribution < -0.4 is 4.90 Å². The van der Waals surface area contributed by atoms with Crippen LogP contribution in [0, 0.1) is 3.57 Å². The smallest absolute Gasteiger partial charge is 0.0507 e. The first-order valence-electron chi connectivity index (χ1n) is 6.27. The van der Waals surface area contributed by atoms with Gasteiger partial charge < -0.3 is 4.90 Å². The molecule has 1 aromatic rings. The lowest BCUT2D eigenvalue weighted by Gasteiger charge is -2.23. The number of para-hydroxylation sites is 1. The minimum absolute atomic E-state index is 0.964. The van der Waals surface area contributed by atoms with Crippen molar-refractivity contribution in [3.63, 3.8) is 0 Å². The zero-order chi connectivity index (χ0) is 13.5. The lowest BCUT2D eigenvalue weighted by atomic mass is 10.2. The van der Waals surface area contributed by atoms with Gasteiger partial charge in [-0.05, 0) is 62.4 Å². The molecule has 0 fully saturated rings. The largest absolute Gasteiger partial charge is 0.363 e. The number of hydrogen-bond donors (Lipinski definition) is 0. The second-order valence-corrected chi connectivity index (χ2v) is 6.08. The van der Waals surface area contributed by atoms with Crippen LogP contribution in [0.2, 0.25) is 0 Å². The van der Waals surface area contributed by atoms with E-state index in [-0.39, 0.29) is 0 Å². The maximum absolute atomic E-state index is 2.41. The normalized spacial score (nSPS) is 9.83. The molecule has 0 saturated carbocycles. The minimum atomic E-state index is 0.964. The molecular formula is C16H22IN. The first kappa shape index (κ1) is 15.3. The number of allylic oxidation sites excluding steroid dienone is 2. The van der Waals surface area contributed by atoms with Gasteiger partial charge in [0.15, 0.2) is 0 Å². The van der Waals surface area contributed by atoms with E-state index >= 15 is 0 Å². The van der Waals surface area contributed by atoms with Gasteiger partial charge in [-0.3, -0.25) is 0 Å². The van der Waals surface area contributed by atoms with Crippen molar-refractivity contribution < 1.29 is 0 Å². The summed E-state index contributed by atoms with van der Waals surface area (Å²) in [6, 6.07) is 8.55. The molecule has 0 radical (unpaired) electrons. The van der Waals surface area contributed by atoms with E-state index in [4.69, 9.17) is 0 Å². The van der Waals surface area contributed by atoms with Crippen molar-refractivity contribution in [3.8, 4) is 0 Å². The van der Waals surface area contributed by atoms with Crippen LogP contribution in [0.25, 0.3) is 0 Å². The lowest BCUT2D eigenvalue weighted by Crippen LogP contribution is -2.24. The van der Waals surface area contributed by atoms with Crippen molar-refractivity contribution in [2.75, 3.05) is 18.0 Å². The molecule has 0 bridgehead atoms. The molecule has 1 rings (SSSR count). The fourth-order valence-electron chi connectivity index (χ4n) is 1.56. The minimum Gasteiger partial charge on any atom is -0.363 e. The second-order valence-electron chi connectivity index (χ2n) is 4.92. The number of rotatable bonds is 5. The van der Waals surface area contributed by atoms with Crippen LogP contribution in [0.4, 0.5) is 5.69 Å². The highest BCUT2D eigenvalue weighted by Gasteiger charge is 2.06. The topological polar surface area (TPSA) is 3.24 Å². The van der Waals surface area contributed by atoms with Gasteiger partial charge >= 0.3 is 0 Å². The Morgan fingerprint density at radius 3 is 1.94 bits per heavy atom. The van der Waals surface area contributed by atoms with E-state index in [1.807, 2.05) is 0 Å². The molecule has 0 unspecified atom stereocenters. The van der Waals surface area contributed by atoms with Gasteiger partial charge in [0.2, 0.25) is 0 Å². The highest BCUT2D eigenvalue weighted by atomic mass is 127. The van der Waals surface area contributed by atoms with E-state index in [2.05, 4.69) is 91.6 Å². The summed E-state index contributed by atoms with van der Waals surface area (Å²) in [5.74, 6) is 0. The van der Waals surface area contributed by atoms with Crippen LogP contribution in [0.15, 0.2) is 47.6 Å². The van der Waals surface area contributed by atoms with Gasteiger partial charge in [-0.2, -0.15) is 0 Å². The van der Waals surface area contributed by atoms with E-state index in [1.165, 1.54) is 20.4 Å². The van der Waals surface area contributed by atoms with E-state index in [9.17, 15) is 0 Å². The van der Waals surface area contributed by atoms with Crippen LogP contribution in [-0.2, 0) is 0 Å². The van der Waals surface area contributed by atoms with Crippen molar-refractivity contribution >= 4 is 28.3 Å². The molecule has 0 aromatic heterocycles. The Morgan fingerprint density at radius 2 is 1.50 bits per heavy atom. The van der Waals surface area contributed by atoms with Crippen molar-refractivity contribution in [1.29, 1.82) is 0 Å². The van der Waals surface area contributed by atoms with Crippen LogP contribution in [-0.4, -0.2) is 13.1 Å². The van der Waals surface area contributed by atoms with E-state index in [1.54, 1.807) is 0 Å². The monoisotopic (exact) mass is 355 g/mol. The molecule has 0 atom stereocenters. The molecule has 2 heteroatoms. The number of nitrogens with zero attached hydrogens (tertiary/aromatic N) is 1. The predicted molar refractivity (Wildman–Crippen MR) is 90.2 cm³/mol. The quantitative estimate of drug-likeness (QED) is 0.529. The maximum atomic E-state index is 2.41. The lowest BCUT2D eigenvalue weighted by molar-refractivity contribution is 0.937. The molecule has 1 nitrogen and oxygen atoms in total. The summed E-state index contributed by atoms with van der Waals surface area (Å²) < 4.78 is 1.31. The number of benzene rings is 1. The molecule has 18 heavy (non-hydrogen) atoms. The molecule has 0 aliphatic rings. The van der Waals surface area contributed by atoms with Crippen LogP contribution in [0.1, 0.15) is 27.7 Å². The van der Waals surface area contributed by atoms with E-state index in [0.717, 1.165) is 13.1 Å². The molecule has 0 saturated heterocycles. The fourth-order valence-corrected chi connectivity index (χ4v) is 2.29. The second kappa shape index (κ2) is 7.62. The van der Waals surface area contributed by atoms with Crippen LogP contribution in [0.5, 0.6) is 0 Å². The maximum Gasteiger partial charge on any atom is 0.0507 e. The number of anilines is 1. The molecule has 0 spiro atoms. The van der Waals surface area contributed by atoms with Gasteiger partial charge in [0.25, 0.3) is 0 Å².